The van der Waals surface area contributed by atoms with Gasteiger partial charge in [-0.05, 0) is 30.3 Å². The minimum absolute atomic E-state index is 0.00650. The van der Waals surface area contributed by atoms with Crippen molar-refractivity contribution in [2.75, 3.05) is 39.4 Å². The highest BCUT2D eigenvalue weighted by Gasteiger charge is 2.28. The fraction of sp³-hybridized carbons (Fsp3) is 0.261. The Kier molecular flexibility index (Phi) is 5.03. The predicted molar refractivity (Wildman–Crippen MR) is 113 cm³/mol. The number of carbonyl (C=O) groups is 2. The standard InChI is InChI=1S/C23H22N4O4/c28-22(16-4-2-1-3-5-16)26-8-10-27(11-9-26)23(29)18-15-24-25-21(18)17-6-7-19-20(14-17)31-13-12-30-19/h1-7,14-15H,8-13H2,(H,24,25). The average Bonchev–Trinajstić information content (AvgIpc) is 3.33. The number of nitrogens with zero attached hydrogens (tertiary/aromatic N) is 3. The Labute approximate surface area is 179 Å². The van der Waals surface area contributed by atoms with Crippen molar-refractivity contribution >= 4 is 11.8 Å². The molecule has 158 valence electrons. The fourth-order valence-electron chi connectivity index (χ4n) is 3.91. The largest absolute Gasteiger partial charge is 0.486 e. The maximum atomic E-state index is 13.2. The molecule has 0 bridgehead atoms. The van der Waals surface area contributed by atoms with Crippen LogP contribution in [-0.4, -0.2) is 71.2 Å². The molecule has 0 unspecified atom stereocenters. The van der Waals surface area contributed by atoms with Gasteiger partial charge in [0.25, 0.3) is 11.8 Å². The number of hydrogen-bond acceptors (Lipinski definition) is 5. The van der Waals surface area contributed by atoms with E-state index in [1.807, 2.05) is 48.5 Å². The Balaban J connectivity index is 1.29. The van der Waals surface area contributed by atoms with Crippen molar-refractivity contribution in [1.82, 2.24) is 20.0 Å². The first-order chi connectivity index (χ1) is 15.2. The van der Waals surface area contributed by atoms with Crippen molar-refractivity contribution in [3.63, 3.8) is 0 Å². The van der Waals surface area contributed by atoms with Crippen molar-refractivity contribution in [3.05, 3.63) is 65.9 Å². The Hall–Kier alpha value is -3.81. The van der Waals surface area contributed by atoms with Gasteiger partial charge in [-0.2, -0.15) is 5.10 Å². The summed E-state index contributed by atoms with van der Waals surface area (Å²) in [5.74, 6) is 1.24. The van der Waals surface area contributed by atoms with Crippen LogP contribution < -0.4 is 9.47 Å². The number of aromatic amines is 1. The van der Waals surface area contributed by atoms with Gasteiger partial charge in [0.05, 0.1) is 17.5 Å². The van der Waals surface area contributed by atoms with Crippen molar-refractivity contribution in [2.45, 2.75) is 0 Å². The van der Waals surface area contributed by atoms with Gasteiger partial charge in [-0.3, -0.25) is 14.7 Å². The van der Waals surface area contributed by atoms with Crippen LogP contribution in [0.1, 0.15) is 20.7 Å². The number of H-pyrrole nitrogens is 1. The molecular weight excluding hydrogens is 396 g/mol. The maximum absolute atomic E-state index is 13.2. The van der Waals surface area contributed by atoms with Crippen LogP contribution in [0.3, 0.4) is 0 Å². The number of fused-ring (bicyclic) bond motifs is 1. The molecule has 5 rings (SSSR count). The number of aromatic nitrogens is 2. The van der Waals surface area contributed by atoms with Crippen LogP contribution in [0.15, 0.2) is 54.7 Å². The first kappa shape index (κ1) is 19.2. The number of piperazine rings is 1. The molecule has 1 N–H and O–H groups in total. The Morgan fingerprint density at radius 1 is 0.839 bits per heavy atom. The molecule has 8 nitrogen and oxygen atoms in total. The summed E-state index contributed by atoms with van der Waals surface area (Å²) in [7, 11) is 0. The van der Waals surface area contributed by atoms with Gasteiger partial charge >= 0.3 is 0 Å². The van der Waals surface area contributed by atoms with E-state index in [2.05, 4.69) is 10.2 Å². The summed E-state index contributed by atoms with van der Waals surface area (Å²) in [5.41, 5.74) is 2.62. The zero-order valence-electron chi connectivity index (χ0n) is 16.9. The summed E-state index contributed by atoms with van der Waals surface area (Å²) in [6.45, 7) is 2.97. The molecule has 2 aromatic carbocycles. The molecule has 8 heteroatoms. The van der Waals surface area contributed by atoms with Crippen molar-refractivity contribution in [2.24, 2.45) is 0 Å². The summed E-state index contributed by atoms with van der Waals surface area (Å²) < 4.78 is 11.2. The highest BCUT2D eigenvalue weighted by Crippen LogP contribution is 2.35. The van der Waals surface area contributed by atoms with Gasteiger partial charge in [0.2, 0.25) is 0 Å². The molecule has 0 atom stereocenters. The number of benzene rings is 2. The Bertz CT molecular complexity index is 1100. The average molecular weight is 418 g/mol. The second kappa shape index (κ2) is 8.14. The van der Waals surface area contributed by atoms with E-state index in [0.717, 1.165) is 5.56 Å². The van der Waals surface area contributed by atoms with E-state index in [-0.39, 0.29) is 11.8 Å². The van der Waals surface area contributed by atoms with Gasteiger partial charge in [0, 0.05) is 37.3 Å². The molecule has 0 aliphatic carbocycles. The zero-order valence-corrected chi connectivity index (χ0v) is 16.9. The summed E-state index contributed by atoms with van der Waals surface area (Å²) in [6.07, 6.45) is 1.55. The summed E-state index contributed by atoms with van der Waals surface area (Å²) in [4.78, 5) is 29.4. The van der Waals surface area contributed by atoms with Crippen LogP contribution in [0, 0.1) is 0 Å². The first-order valence-corrected chi connectivity index (χ1v) is 10.3. The third-order valence-electron chi connectivity index (χ3n) is 5.58. The highest BCUT2D eigenvalue weighted by atomic mass is 16.6. The monoisotopic (exact) mass is 418 g/mol. The number of hydrogen-bond donors (Lipinski definition) is 1. The number of ether oxygens (including phenoxy) is 2. The van der Waals surface area contributed by atoms with Gasteiger partial charge in [-0.1, -0.05) is 18.2 Å². The number of nitrogens with one attached hydrogen (secondary N) is 1. The lowest BCUT2D eigenvalue weighted by Gasteiger charge is -2.34. The molecule has 1 aromatic heterocycles. The molecule has 0 saturated carbocycles. The van der Waals surface area contributed by atoms with Crippen LogP contribution >= 0.6 is 0 Å². The van der Waals surface area contributed by atoms with E-state index in [9.17, 15) is 9.59 Å². The van der Waals surface area contributed by atoms with Crippen LogP contribution in [-0.2, 0) is 0 Å². The van der Waals surface area contributed by atoms with Gasteiger partial charge < -0.3 is 19.3 Å². The van der Waals surface area contributed by atoms with Gasteiger partial charge in [0.15, 0.2) is 11.5 Å². The molecule has 3 heterocycles. The molecule has 0 radical (unpaired) electrons. The number of amides is 2. The Morgan fingerprint density at radius 2 is 1.52 bits per heavy atom. The van der Waals surface area contributed by atoms with E-state index >= 15 is 0 Å². The topological polar surface area (TPSA) is 87.8 Å². The third-order valence-corrected chi connectivity index (χ3v) is 5.58. The molecule has 2 amide bonds. The van der Waals surface area contributed by atoms with E-state index in [4.69, 9.17) is 9.47 Å². The molecule has 1 fully saturated rings. The number of carbonyl (C=O) groups excluding carboxylic acids is 2. The van der Waals surface area contributed by atoms with E-state index in [1.165, 1.54) is 0 Å². The van der Waals surface area contributed by atoms with E-state index in [0.29, 0.717) is 67.7 Å². The predicted octanol–water partition coefficient (Wildman–Crippen LogP) is 2.45. The summed E-state index contributed by atoms with van der Waals surface area (Å²) in [5, 5.41) is 7.04. The van der Waals surface area contributed by atoms with Crippen molar-refractivity contribution < 1.29 is 19.1 Å². The third kappa shape index (κ3) is 3.72. The van der Waals surface area contributed by atoms with Gasteiger partial charge in [-0.25, -0.2) is 0 Å². The molecule has 1 saturated heterocycles. The first-order valence-electron chi connectivity index (χ1n) is 10.3. The van der Waals surface area contributed by atoms with Crippen LogP contribution in [0.25, 0.3) is 11.3 Å². The van der Waals surface area contributed by atoms with Crippen LogP contribution in [0.2, 0.25) is 0 Å². The van der Waals surface area contributed by atoms with Crippen molar-refractivity contribution in [3.8, 4) is 22.8 Å². The highest BCUT2D eigenvalue weighted by molar-refractivity contribution is 6.00. The lowest BCUT2D eigenvalue weighted by molar-refractivity contribution is 0.0536. The molecule has 2 aliphatic heterocycles. The fourth-order valence-corrected chi connectivity index (χ4v) is 3.91. The second-order valence-electron chi connectivity index (χ2n) is 7.47. The van der Waals surface area contributed by atoms with Gasteiger partial charge in [-0.15, -0.1) is 0 Å². The normalized spacial score (nSPS) is 15.6. The lowest BCUT2D eigenvalue weighted by atomic mass is 10.1. The zero-order chi connectivity index (χ0) is 21.2. The smallest absolute Gasteiger partial charge is 0.257 e. The number of rotatable bonds is 3. The maximum Gasteiger partial charge on any atom is 0.257 e. The van der Waals surface area contributed by atoms with E-state index in [1.54, 1.807) is 16.0 Å². The lowest BCUT2D eigenvalue weighted by Crippen LogP contribution is -2.50. The second-order valence-corrected chi connectivity index (χ2v) is 7.47. The summed E-state index contributed by atoms with van der Waals surface area (Å²) >= 11 is 0. The minimum atomic E-state index is -0.106. The van der Waals surface area contributed by atoms with Crippen LogP contribution in [0.4, 0.5) is 0 Å². The molecular formula is C23H22N4O4. The summed E-state index contributed by atoms with van der Waals surface area (Å²) in [6, 6.07) is 14.8. The quantitative estimate of drug-likeness (QED) is 0.706. The molecule has 0 spiro atoms. The van der Waals surface area contributed by atoms with Crippen LogP contribution in [0.5, 0.6) is 11.5 Å². The molecule has 3 aromatic rings. The van der Waals surface area contributed by atoms with Crippen molar-refractivity contribution in [1.29, 1.82) is 0 Å². The minimum Gasteiger partial charge on any atom is -0.486 e. The van der Waals surface area contributed by atoms with Gasteiger partial charge in [0.1, 0.15) is 13.2 Å². The molecule has 31 heavy (non-hydrogen) atoms. The Morgan fingerprint density at radius 3 is 2.26 bits per heavy atom. The van der Waals surface area contributed by atoms with E-state index < -0.39 is 0 Å². The molecule has 2 aliphatic rings. The SMILES string of the molecule is O=C(c1ccccc1)N1CCN(C(=O)c2cn[nH]c2-c2ccc3c(c2)OCCO3)CC1.